The minimum Gasteiger partial charge on any atom is -0.385 e. The smallest absolute Gasteiger partial charge is 0.385 e. The number of nitrogens with zero attached hydrogens (tertiary/aromatic N) is 5. The van der Waals surface area contributed by atoms with E-state index in [0.29, 0.717) is 30.8 Å². The second-order valence-electron chi connectivity index (χ2n) is 7.88. The number of carbonyl (C=O) groups excluding carboxylic acids is 2. The van der Waals surface area contributed by atoms with Crippen LogP contribution in [0.3, 0.4) is 0 Å². The normalized spacial score (nSPS) is 14.6. The molecule has 10 nitrogen and oxygen atoms in total. The first-order valence-corrected chi connectivity index (χ1v) is 11.0. The maximum atomic E-state index is 13.2. The average molecular weight is 501 g/mol. The molecule has 2 aromatic heterocycles. The van der Waals surface area contributed by atoms with Gasteiger partial charge in [-0.05, 0) is 20.8 Å². The molecule has 0 saturated carbocycles. The summed E-state index contributed by atoms with van der Waals surface area (Å²) < 4.78 is 42.6. The van der Waals surface area contributed by atoms with Crippen molar-refractivity contribution in [2.75, 3.05) is 31.1 Å². The highest BCUT2D eigenvalue weighted by atomic mass is 32.2. The van der Waals surface area contributed by atoms with Gasteiger partial charge < -0.3 is 15.0 Å². The van der Waals surface area contributed by atoms with Crippen LogP contribution < -0.4 is 15.8 Å². The summed E-state index contributed by atoms with van der Waals surface area (Å²) in [5.74, 6) is 2.23. The second-order valence-corrected chi connectivity index (χ2v) is 9.47. The number of thioether (sulfide) groups is 1. The summed E-state index contributed by atoms with van der Waals surface area (Å²) in [4.78, 5) is 47.5. The van der Waals surface area contributed by atoms with Gasteiger partial charge in [0.1, 0.15) is 4.75 Å². The SMILES string of the molecule is CC#CCn1c(N2CCNCC2)nc2nc(SC(C)(C)C(=O)OC(=O)C(F)(F)F)n(C)c(=O)c21. The summed E-state index contributed by atoms with van der Waals surface area (Å²) in [6.45, 7) is 7.23. The van der Waals surface area contributed by atoms with Gasteiger partial charge in [-0.1, -0.05) is 17.7 Å². The number of carbonyl (C=O) groups is 2. The van der Waals surface area contributed by atoms with Crippen molar-refractivity contribution in [3.8, 4) is 11.8 Å². The first-order chi connectivity index (χ1) is 15.9. The molecule has 0 amide bonds. The number of aromatic nitrogens is 4. The molecular formula is C20H23F3N6O4S. The highest BCUT2D eigenvalue weighted by molar-refractivity contribution is 8.01. The summed E-state index contributed by atoms with van der Waals surface area (Å²) in [5.41, 5.74) is -0.127. The Hall–Kier alpha value is -3.05. The molecule has 3 heterocycles. The Kier molecular flexibility index (Phi) is 7.27. The highest BCUT2D eigenvalue weighted by Crippen LogP contribution is 2.33. The van der Waals surface area contributed by atoms with Gasteiger partial charge in [-0.2, -0.15) is 18.2 Å². The van der Waals surface area contributed by atoms with Crippen molar-refractivity contribution in [3.63, 3.8) is 0 Å². The van der Waals surface area contributed by atoms with Gasteiger partial charge in [0, 0.05) is 33.2 Å². The fourth-order valence-corrected chi connectivity index (χ4v) is 4.10. The molecule has 0 spiro atoms. The first-order valence-electron chi connectivity index (χ1n) is 10.2. The van der Waals surface area contributed by atoms with Gasteiger partial charge in [0.25, 0.3) is 5.56 Å². The maximum Gasteiger partial charge on any atom is 0.491 e. The fraction of sp³-hybridized carbons (Fsp3) is 0.550. The molecule has 2 aromatic rings. The van der Waals surface area contributed by atoms with Crippen molar-refractivity contribution in [2.45, 2.75) is 43.4 Å². The van der Waals surface area contributed by atoms with Crippen molar-refractivity contribution in [1.82, 2.24) is 24.4 Å². The predicted octanol–water partition coefficient (Wildman–Crippen LogP) is 1.07. The van der Waals surface area contributed by atoms with Crippen LogP contribution in [0.5, 0.6) is 0 Å². The molecule has 0 atom stereocenters. The lowest BCUT2D eigenvalue weighted by atomic mass is 10.2. The third-order valence-electron chi connectivity index (χ3n) is 4.99. The van der Waals surface area contributed by atoms with Crippen LogP contribution in [0.15, 0.2) is 9.95 Å². The molecule has 184 valence electrons. The van der Waals surface area contributed by atoms with Gasteiger partial charge in [0.15, 0.2) is 16.3 Å². The molecular weight excluding hydrogens is 477 g/mol. The molecule has 3 rings (SSSR count). The van der Waals surface area contributed by atoms with E-state index in [0.717, 1.165) is 13.1 Å². The van der Waals surface area contributed by atoms with Crippen LogP contribution in [0.1, 0.15) is 20.8 Å². The lowest BCUT2D eigenvalue weighted by Crippen LogP contribution is -2.44. The van der Waals surface area contributed by atoms with Crippen LogP contribution in [-0.4, -0.2) is 68.1 Å². The Bertz CT molecular complexity index is 1240. The number of esters is 2. The molecule has 1 fully saturated rings. The molecule has 0 aromatic carbocycles. The number of fused-ring (bicyclic) bond motifs is 1. The zero-order valence-electron chi connectivity index (χ0n) is 18.9. The van der Waals surface area contributed by atoms with E-state index < -0.39 is 28.4 Å². The highest BCUT2D eigenvalue weighted by Gasteiger charge is 2.45. The summed E-state index contributed by atoms with van der Waals surface area (Å²) >= 11 is 0.688. The summed E-state index contributed by atoms with van der Waals surface area (Å²) in [6.07, 6.45) is -5.31. The lowest BCUT2D eigenvalue weighted by Gasteiger charge is -2.28. The number of nitrogens with one attached hydrogen (secondary N) is 1. The number of rotatable bonds is 5. The molecule has 34 heavy (non-hydrogen) atoms. The van der Waals surface area contributed by atoms with Gasteiger partial charge in [0.05, 0.1) is 6.54 Å². The van der Waals surface area contributed by atoms with E-state index in [4.69, 9.17) is 0 Å². The molecule has 14 heteroatoms. The van der Waals surface area contributed by atoms with Crippen molar-refractivity contribution in [2.24, 2.45) is 7.05 Å². The topological polar surface area (TPSA) is 111 Å². The zero-order chi connectivity index (χ0) is 25.3. The van der Waals surface area contributed by atoms with Gasteiger partial charge in [-0.25, -0.2) is 9.78 Å². The van der Waals surface area contributed by atoms with E-state index in [-0.39, 0.29) is 22.9 Å². The zero-order valence-corrected chi connectivity index (χ0v) is 19.8. The fourth-order valence-electron chi connectivity index (χ4n) is 3.17. The number of imidazole rings is 1. The van der Waals surface area contributed by atoms with Crippen LogP contribution in [0.4, 0.5) is 19.1 Å². The Morgan fingerprint density at radius 1 is 1.18 bits per heavy atom. The number of hydrogen-bond acceptors (Lipinski definition) is 9. The van der Waals surface area contributed by atoms with Crippen LogP contribution in [0.2, 0.25) is 0 Å². The Morgan fingerprint density at radius 2 is 1.82 bits per heavy atom. The standard InChI is InChI=1S/C20H23F3N6O4S/c1-5-6-9-29-12-13(25-17(29)28-10-7-24-8-11-28)26-18(27(4)14(12)30)34-19(2,3)15(31)33-16(32)20(21,22)23/h24H,7-11H2,1-4H3. The van der Waals surface area contributed by atoms with Crippen LogP contribution >= 0.6 is 11.8 Å². The number of anilines is 1. The van der Waals surface area contributed by atoms with E-state index in [1.807, 2.05) is 4.90 Å². The number of ether oxygens (including phenoxy) is 1. The van der Waals surface area contributed by atoms with Crippen molar-refractivity contribution in [1.29, 1.82) is 0 Å². The molecule has 0 unspecified atom stereocenters. The summed E-state index contributed by atoms with van der Waals surface area (Å²) in [6, 6.07) is 0. The van der Waals surface area contributed by atoms with E-state index in [2.05, 4.69) is 31.9 Å². The van der Waals surface area contributed by atoms with Crippen LogP contribution in [0, 0.1) is 11.8 Å². The Morgan fingerprint density at radius 3 is 2.41 bits per heavy atom. The molecule has 1 N–H and O–H groups in total. The molecule has 1 aliphatic rings. The number of alkyl halides is 3. The third kappa shape index (κ3) is 5.20. The largest absolute Gasteiger partial charge is 0.491 e. The molecule has 0 radical (unpaired) electrons. The van der Waals surface area contributed by atoms with Gasteiger partial charge in [-0.3, -0.25) is 18.7 Å². The first kappa shape index (κ1) is 25.6. The number of hydrogen-bond donors (Lipinski definition) is 1. The molecule has 1 saturated heterocycles. The quantitative estimate of drug-likeness (QED) is 0.212. The lowest BCUT2D eigenvalue weighted by molar-refractivity contribution is -0.202. The Labute approximate surface area is 196 Å². The van der Waals surface area contributed by atoms with Gasteiger partial charge in [-0.15, -0.1) is 5.92 Å². The van der Waals surface area contributed by atoms with E-state index in [9.17, 15) is 27.6 Å². The van der Waals surface area contributed by atoms with E-state index >= 15 is 0 Å². The monoisotopic (exact) mass is 500 g/mol. The minimum absolute atomic E-state index is 0.0250. The second kappa shape index (κ2) is 9.67. The van der Waals surface area contributed by atoms with Crippen LogP contribution in [-0.2, 0) is 27.9 Å². The Balaban J connectivity index is 2.02. The average Bonchev–Trinajstić information content (AvgIpc) is 3.13. The van der Waals surface area contributed by atoms with Crippen molar-refractivity contribution in [3.05, 3.63) is 10.4 Å². The molecule has 1 aliphatic heterocycles. The van der Waals surface area contributed by atoms with E-state index in [1.54, 1.807) is 11.5 Å². The summed E-state index contributed by atoms with van der Waals surface area (Å²) in [7, 11) is 1.42. The van der Waals surface area contributed by atoms with E-state index in [1.165, 1.54) is 25.5 Å². The summed E-state index contributed by atoms with van der Waals surface area (Å²) in [5, 5.41) is 3.26. The van der Waals surface area contributed by atoms with Gasteiger partial charge in [0.2, 0.25) is 5.95 Å². The van der Waals surface area contributed by atoms with Crippen LogP contribution in [0.25, 0.3) is 11.2 Å². The van der Waals surface area contributed by atoms with Crippen molar-refractivity contribution < 1.29 is 27.5 Å². The maximum absolute atomic E-state index is 13.2. The molecule has 0 aliphatic carbocycles. The number of halogens is 3. The predicted molar refractivity (Wildman–Crippen MR) is 118 cm³/mol. The van der Waals surface area contributed by atoms with Crippen molar-refractivity contribution >= 4 is 40.8 Å². The molecule has 0 bridgehead atoms. The van der Waals surface area contributed by atoms with Gasteiger partial charge >= 0.3 is 18.1 Å². The number of piperazine rings is 1. The minimum atomic E-state index is -5.31. The third-order valence-corrected chi connectivity index (χ3v) is 6.22.